The minimum Gasteiger partial charge on any atom is -0.317 e. The van der Waals surface area contributed by atoms with Crippen LogP contribution in [0.2, 0.25) is 0 Å². The largest absolute Gasteiger partial charge is 0.317 e. The van der Waals surface area contributed by atoms with Crippen molar-refractivity contribution in [2.75, 3.05) is 26.2 Å². The first-order valence-electron chi connectivity index (χ1n) is 7.46. The first-order chi connectivity index (χ1) is 10.2. The SMILES string of the molecule is C=CCN(Cc1cccc([N+](=O)[O-])c1)CC1CCNCC1.Cl. The van der Waals surface area contributed by atoms with Gasteiger partial charge >= 0.3 is 0 Å². The molecule has 1 N–H and O–H groups in total. The predicted molar refractivity (Wildman–Crippen MR) is 91.4 cm³/mol. The van der Waals surface area contributed by atoms with Crippen LogP contribution in [-0.4, -0.2) is 36.0 Å². The standard InChI is InChI=1S/C16H23N3O2.ClH/c1-2-10-18(12-14-6-8-17-9-7-14)13-15-4-3-5-16(11-15)19(20)21;/h2-5,11,14,17H,1,6-10,12-13H2;1H. The molecule has 1 fully saturated rings. The smallest absolute Gasteiger partial charge is 0.269 e. The molecule has 1 aliphatic rings. The summed E-state index contributed by atoms with van der Waals surface area (Å²) in [6, 6.07) is 6.91. The van der Waals surface area contributed by atoms with Crippen LogP contribution < -0.4 is 5.32 Å². The zero-order valence-corrected chi connectivity index (χ0v) is 13.6. The number of rotatable bonds is 7. The maximum Gasteiger partial charge on any atom is 0.269 e. The van der Waals surface area contributed by atoms with Crippen molar-refractivity contribution in [3.05, 3.63) is 52.6 Å². The minimum atomic E-state index is -0.339. The molecule has 1 aromatic rings. The second kappa shape index (κ2) is 9.56. The second-order valence-electron chi connectivity index (χ2n) is 5.60. The lowest BCUT2D eigenvalue weighted by molar-refractivity contribution is -0.384. The van der Waals surface area contributed by atoms with E-state index in [1.165, 1.54) is 18.9 Å². The number of halogens is 1. The Kier molecular flexibility index (Phi) is 8.09. The normalized spacial score (nSPS) is 15.3. The highest BCUT2D eigenvalue weighted by molar-refractivity contribution is 5.85. The van der Waals surface area contributed by atoms with Crippen molar-refractivity contribution < 1.29 is 4.92 Å². The van der Waals surface area contributed by atoms with Crippen LogP contribution in [-0.2, 0) is 6.54 Å². The van der Waals surface area contributed by atoms with Crippen molar-refractivity contribution in [1.29, 1.82) is 0 Å². The molecule has 0 aromatic heterocycles. The van der Waals surface area contributed by atoms with E-state index in [4.69, 9.17) is 0 Å². The molecular weight excluding hydrogens is 302 g/mol. The van der Waals surface area contributed by atoms with Gasteiger partial charge in [0.05, 0.1) is 4.92 Å². The third kappa shape index (κ3) is 5.75. The zero-order valence-electron chi connectivity index (χ0n) is 12.7. The molecule has 0 saturated carbocycles. The fraction of sp³-hybridized carbons (Fsp3) is 0.500. The van der Waals surface area contributed by atoms with E-state index in [2.05, 4.69) is 16.8 Å². The van der Waals surface area contributed by atoms with Gasteiger partial charge in [-0.2, -0.15) is 0 Å². The van der Waals surface area contributed by atoms with Crippen LogP contribution in [0, 0.1) is 16.0 Å². The second-order valence-corrected chi connectivity index (χ2v) is 5.60. The Morgan fingerprint density at radius 1 is 1.41 bits per heavy atom. The van der Waals surface area contributed by atoms with Crippen LogP contribution >= 0.6 is 12.4 Å². The summed E-state index contributed by atoms with van der Waals surface area (Å²) in [7, 11) is 0. The van der Waals surface area contributed by atoms with Gasteiger partial charge in [0.25, 0.3) is 5.69 Å². The van der Waals surface area contributed by atoms with E-state index < -0.39 is 0 Å². The van der Waals surface area contributed by atoms with Gasteiger partial charge in [-0.05, 0) is 37.4 Å². The Bertz CT molecular complexity index is 490. The number of hydrogen-bond donors (Lipinski definition) is 1. The van der Waals surface area contributed by atoms with Gasteiger partial charge < -0.3 is 5.32 Å². The molecule has 1 aromatic carbocycles. The van der Waals surface area contributed by atoms with Crippen molar-refractivity contribution in [2.24, 2.45) is 5.92 Å². The summed E-state index contributed by atoms with van der Waals surface area (Å²) in [6.45, 7) is 8.56. The van der Waals surface area contributed by atoms with Crippen molar-refractivity contribution in [3.8, 4) is 0 Å². The van der Waals surface area contributed by atoms with E-state index in [0.717, 1.165) is 38.3 Å². The van der Waals surface area contributed by atoms with Gasteiger partial charge in [0.15, 0.2) is 0 Å². The molecule has 2 rings (SSSR count). The predicted octanol–water partition coefficient (Wildman–Crippen LogP) is 3.00. The summed E-state index contributed by atoms with van der Waals surface area (Å²) in [4.78, 5) is 12.8. The first kappa shape index (κ1) is 18.6. The Hall–Kier alpha value is -1.43. The Morgan fingerprint density at radius 2 is 2.14 bits per heavy atom. The maximum absolute atomic E-state index is 10.9. The van der Waals surface area contributed by atoms with Crippen molar-refractivity contribution in [2.45, 2.75) is 19.4 Å². The van der Waals surface area contributed by atoms with Gasteiger partial charge in [-0.25, -0.2) is 0 Å². The molecule has 22 heavy (non-hydrogen) atoms. The highest BCUT2D eigenvalue weighted by Crippen LogP contribution is 2.18. The van der Waals surface area contributed by atoms with Gasteiger partial charge in [-0.15, -0.1) is 19.0 Å². The fourth-order valence-corrected chi connectivity index (χ4v) is 2.84. The molecular formula is C16H24ClN3O2. The highest BCUT2D eigenvalue weighted by Gasteiger charge is 2.17. The average molecular weight is 326 g/mol. The van der Waals surface area contributed by atoms with Crippen LogP contribution in [0.3, 0.4) is 0 Å². The Morgan fingerprint density at radius 3 is 2.77 bits per heavy atom. The number of nitro benzene ring substituents is 1. The minimum absolute atomic E-state index is 0. The molecule has 6 heteroatoms. The molecule has 0 amide bonds. The van der Waals surface area contributed by atoms with Crippen molar-refractivity contribution in [1.82, 2.24) is 10.2 Å². The molecule has 1 heterocycles. The summed E-state index contributed by atoms with van der Waals surface area (Å²) in [5.41, 5.74) is 1.15. The lowest BCUT2D eigenvalue weighted by Gasteiger charge is -2.29. The molecule has 1 saturated heterocycles. The number of hydrogen-bond acceptors (Lipinski definition) is 4. The monoisotopic (exact) mass is 325 g/mol. The van der Waals surface area contributed by atoms with Crippen LogP contribution in [0.5, 0.6) is 0 Å². The van der Waals surface area contributed by atoms with E-state index in [0.29, 0.717) is 5.92 Å². The number of piperidine rings is 1. The topological polar surface area (TPSA) is 58.4 Å². The van der Waals surface area contributed by atoms with E-state index in [-0.39, 0.29) is 23.0 Å². The number of benzene rings is 1. The number of nitro groups is 1. The third-order valence-corrected chi connectivity index (χ3v) is 3.89. The quantitative estimate of drug-likeness (QED) is 0.475. The van der Waals surface area contributed by atoms with E-state index in [1.54, 1.807) is 12.1 Å². The molecule has 0 spiro atoms. The summed E-state index contributed by atoms with van der Waals surface area (Å²) in [6.07, 6.45) is 4.30. The van der Waals surface area contributed by atoms with E-state index in [9.17, 15) is 10.1 Å². The van der Waals surface area contributed by atoms with Gasteiger partial charge in [-0.3, -0.25) is 15.0 Å². The molecule has 122 valence electrons. The number of nitrogens with zero attached hydrogens (tertiary/aromatic N) is 2. The summed E-state index contributed by atoms with van der Waals surface area (Å²) < 4.78 is 0. The van der Waals surface area contributed by atoms with Crippen LogP contribution in [0.15, 0.2) is 36.9 Å². The van der Waals surface area contributed by atoms with Gasteiger partial charge in [0.1, 0.15) is 0 Å². The van der Waals surface area contributed by atoms with Gasteiger partial charge in [0, 0.05) is 31.8 Å². The van der Waals surface area contributed by atoms with Crippen LogP contribution in [0.1, 0.15) is 18.4 Å². The van der Waals surface area contributed by atoms with Gasteiger partial charge in [-0.1, -0.05) is 18.2 Å². The zero-order chi connectivity index (χ0) is 15.1. The summed E-state index contributed by atoms with van der Waals surface area (Å²) in [5, 5.41) is 14.2. The van der Waals surface area contributed by atoms with Crippen LogP contribution in [0.25, 0.3) is 0 Å². The summed E-state index contributed by atoms with van der Waals surface area (Å²) in [5.74, 6) is 0.699. The molecule has 0 atom stereocenters. The Balaban J connectivity index is 0.00000242. The molecule has 1 aliphatic heterocycles. The average Bonchev–Trinajstić information content (AvgIpc) is 2.49. The summed E-state index contributed by atoms with van der Waals surface area (Å²) >= 11 is 0. The first-order valence-corrected chi connectivity index (χ1v) is 7.46. The van der Waals surface area contributed by atoms with E-state index >= 15 is 0 Å². The van der Waals surface area contributed by atoms with Crippen LogP contribution in [0.4, 0.5) is 5.69 Å². The molecule has 0 unspecified atom stereocenters. The number of non-ortho nitro benzene ring substituents is 1. The van der Waals surface area contributed by atoms with E-state index in [1.807, 2.05) is 12.1 Å². The fourth-order valence-electron chi connectivity index (χ4n) is 2.84. The van der Waals surface area contributed by atoms with Gasteiger partial charge in [0.2, 0.25) is 0 Å². The highest BCUT2D eigenvalue weighted by atomic mass is 35.5. The lowest BCUT2D eigenvalue weighted by atomic mass is 9.97. The molecule has 0 radical (unpaired) electrons. The molecule has 0 bridgehead atoms. The lowest BCUT2D eigenvalue weighted by Crippen LogP contribution is -2.36. The van der Waals surface area contributed by atoms with Crippen molar-refractivity contribution >= 4 is 18.1 Å². The third-order valence-electron chi connectivity index (χ3n) is 3.89. The van der Waals surface area contributed by atoms with Crippen molar-refractivity contribution in [3.63, 3.8) is 0 Å². The number of nitrogens with one attached hydrogen (secondary N) is 1. The molecule has 5 nitrogen and oxygen atoms in total. The molecule has 0 aliphatic carbocycles. The maximum atomic E-state index is 10.9. The Labute approximate surface area is 138 Å².